The summed E-state index contributed by atoms with van der Waals surface area (Å²) in [6.07, 6.45) is -4.35. The van der Waals surface area contributed by atoms with Gasteiger partial charge in [0.05, 0.1) is 5.56 Å². The van der Waals surface area contributed by atoms with Crippen molar-refractivity contribution in [3.8, 4) is 0 Å². The molecule has 0 aliphatic carbocycles. The van der Waals surface area contributed by atoms with Gasteiger partial charge in [0.25, 0.3) is 0 Å². The van der Waals surface area contributed by atoms with Gasteiger partial charge in [-0.2, -0.15) is 13.2 Å². The summed E-state index contributed by atoms with van der Waals surface area (Å²) in [7, 11) is 0. The molecule has 2 aromatic rings. The number of nitrogens with one attached hydrogen (secondary N) is 1. The molecule has 3 nitrogen and oxygen atoms in total. The van der Waals surface area contributed by atoms with Crippen molar-refractivity contribution in [3.05, 3.63) is 52.7 Å². The van der Waals surface area contributed by atoms with E-state index in [-0.39, 0.29) is 11.7 Å². The normalized spacial score (nSPS) is 11.4. The zero-order valence-electron chi connectivity index (χ0n) is 10.2. The number of halogens is 4. The number of hydrogen-bond acceptors (Lipinski definition) is 3. The van der Waals surface area contributed by atoms with E-state index in [0.717, 1.165) is 12.1 Å². The molecule has 0 amide bonds. The minimum absolute atomic E-state index is 0.191. The van der Waals surface area contributed by atoms with E-state index in [1.165, 1.54) is 12.1 Å². The third kappa shape index (κ3) is 3.77. The van der Waals surface area contributed by atoms with Crippen molar-refractivity contribution in [1.29, 1.82) is 0 Å². The van der Waals surface area contributed by atoms with Gasteiger partial charge in [0, 0.05) is 18.3 Å². The molecular weight excluding hydrogens is 291 g/mol. The number of nitrogens with zero attached hydrogens (tertiary/aromatic N) is 1. The fourth-order valence-electron chi connectivity index (χ4n) is 1.66. The molecule has 0 radical (unpaired) electrons. The van der Waals surface area contributed by atoms with Crippen LogP contribution in [0.15, 0.2) is 36.4 Å². The first-order chi connectivity index (χ1) is 9.34. The van der Waals surface area contributed by atoms with E-state index in [2.05, 4.69) is 10.3 Å². The molecule has 1 heterocycles. The lowest BCUT2D eigenvalue weighted by atomic mass is 10.1. The van der Waals surface area contributed by atoms with Gasteiger partial charge < -0.3 is 11.1 Å². The van der Waals surface area contributed by atoms with E-state index < -0.39 is 11.7 Å². The number of hydrogen-bond donors (Lipinski definition) is 2. The van der Waals surface area contributed by atoms with Crippen LogP contribution in [0.4, 0.5) is 24.7 Å². The van der Waals surface area contributed by atoms with Gasteiger partial charge in [-0.25, -0.2) is 4.98 Å². The highest BCUT2D eigenvalue weighted by molar-refractivity contribution is 6.29. The second-order valence-corrected chi connectivity index (χ2v) is 4.55. The molecule has 0 spiro atoms. The fraction of sp³-hybridized carbons (Fsp3) is 0.154. The molecule has 0 saturated heterocycles. The second-order valence-electron chi connectivity index (χ2n) is 4.16. The molecule has 106 valence electrons. The monoisotopic (exact) mass is 301 g/mol. The number of aromatic nitrogens is 1. The molecule has 2 rings (SSSR count). The van der Waals surface area contributed by atoms with Crippen molar-refractivity contribution in [3.63, 3.8) is 0 Å². The van der Waals surface area contributed by atoms with E-state index in [0.29, 0.717) is 17.1 Å². The summed E-state index contributed by atoms with van der Waals surface area (Å²) in [6, 6.07) is 8.10. The average Bonchev–Trinajstić information content (AvgIpc) is 2.35. The van der Waals surface area contributed by atoms with Gasteiger partial charge in [-0.3, -0.25) is 0 Å². The highest BCUT2D eigenvalue weighted by Crippen LogP contribution is 2.29. The van der Waals surface area contributed by atoms with Gasteiger partial charge in [0.1, 0.15) is 11.0 Å². The highest BCUT2D eigenvalue weighted by atomic mass is 35.5. The van der Waals surface area contributed by atoms with Crippen molar-refractivity contribution < 1.29 is 13.2 Å². The number of rotatable bonds is 3. The van der Waals surface area contributed by atoms with Crippen LogP contribution in [0.5, 0.6) is 0 Å². The summed E-state index contributed by atoms with van der Waals surface area (Å²) in [4.78, 5) is 3.97. The summed E-state index contributed by atoms with van der Waals surface area (Å²) < 4.78 is 37.7. The number of anilines is 2. The van der Waals surface area contributed by atoms with Crippen LogP contribution in [-0.4, -0.2) is 4.98 Å². The number of pyridine rings is 1. The highest BCUT2D eigenvalue weighted by Gasteiger charge is 2.30. The summed E-state index contributed by atoms with van der Waals surface area (Å²) in [5.41, 5.74) is 5.83. The van der Waals surface area contributed by atoms with Gasteiger partial charge in [-0.15, -0.1) is 0 Å². The summed E-state index contributed by atoms with van der Waals surface area (Å²) in [6.45, 7) is 0.191. The van der Waals surface area contributed by atoms with Gasteiger partial charge in [-0.1, -0.05) is 23.7 Å². The second kappa shape index (κ2) is 5.58. The van der Waals surface area contributed by atoms with Crippen LogP contribution in [0, 0.1) is 0 Å². The summed E-state index contributed by atoms with van der Waals surface area (Å²) in [5.74, 6) is 0.410. The molecule has 20 heavy (non-hydrogen) atoms. The van der Waals surface area contributed by atoms with Gasteiger partial charge in [-0.05, 0) is 23.8 Å². The lowest BCUT2D eigenvalue weighted by Gasteiger charge is -2.10. The third-order valence-electron chi connectivity index (χ3n) is 2.54. The van der Waals surface area contributed by atoms with Crippen LogP contribution in [0.3, 0.4) is 0 Å². The molecule has 0 unspecified atom stereocenters. The lowest BCUT2D eigenvalue weighted by molar-refractivity contribution is -0.137. The van der Waals surface area contributed by atoms with Crippen molar-refractivity contribution in [2.45, 2.75) is 12.7 Å². The molecule has 0 aliphatic heterocycles. The molecule has 1 aromatic carbocycles. The van der Waals surface area contributed by atoms with E-state index in [1.54, 1.807) is 12.1 Å². The van der Waals surface area contributed by atoms with Gasteiger partial charge in [0.15, 0.2) is 0 Å². The molecular formula is C13H11ClF3N3. The minimum atomic E-state index is -4.35. The molecule has 7 heteroatoms. The zero-order valence-corrected chi connectivity index (χ0v) is 11.0. The Balaban J connectivity index is 2.11. The summed E-state index contributed by atoms with van der Waals surface area (Å²) in [5, 5.41) is 3.10. The molecule has 3 N–H and O–H groups in total. The topological polar surface area (TPSA) is 50.9 Å². The molecule has 1 aromatic heterocycles. The first-order valence-corrected chi connectivity index (χ1v) is 6.05. The van der Waals surface area contributed by atoms with Crippen LogP contribution < -0.4 is 11.1 Å². The Morgan fingerprint density at radius 1 is 1.20 bits per heavy atom. The molecule has 0 bridgehead atoms. The number of nitrogens with two attached hydrogens (primary N) is 1. The Labute approximate surface area is 118 Å². The Hall–Kier alpha value is -1.95. The molecule has 0 fully saturated rings. The van der Waals surface area contributed by atoms with Crippen molar-refractivity contribution in [1.82, 2.24) is 4.98 Å². The first kappa shape index (κ1) is 14.5. The van der Waals surface area contributed by atoms with E-state index in [4.69, 9.17) is 17.3 Å². The maximum Gasteiger partial charge on any atom is 0.416 e. The van der Waals surface area contributed by atoms with Crippen LogP contribution >= 0.6 is 11.6 Å². The molecule has 0 aliphatic rings. The Bertz CT molecular complexity index is 594. The van der Waals surface area contributed by atoms with E-state index in [9.17, 15) is 13.2 Å². The predicted molar refractivity (Wildman–Crippen MR) is 72.4 cm³/mol. The van der Waals surface area contributed by atoms with Gasteiger partial charge >= 0.3 is 6.18 Å². The minimum Gasteiger partial charge on any atom is -0.399 e. The Morgan fingerprint density at radius 2 is 1.95 bits per heavy atom. The van der Waals surface area contributed by atoms with Crippen molar-refractivity contribution >= 4 is 23.1 Å². The van der Waals surface area contributed by atoms with E-state index in [1.807, 2.05) is 0 Å². The van der Waals surface area contributed by atoms with Crippen LogP contribution in [-0.2, 0) is 12.7 Å². The van der Waals surface area contributed by atoms with Crippen LogP contribution in [0.2, 0.25) is 5.15 Å². The maximum absolute atomic E-state index is 12.6. The maximum atomic E-state index is 12.6. The Kier molecular flexibility index (Phi) is 4.04. The van der Waals surface area contributed by atoms with Crippen LogP contribution in [0.25, 0.3) is 0 Å². The SMILES string of the molecule is Nc1cc(Cl)nc(NCc2cccc(C(F)(F)F)c2)c1. The predicted octanol–water partition coefficient (Wildman–Crippen LogP) is 3.95. The van der Waals surface area contributed by atoms with Crippen molar-refractivity contribution in [2.75, 3.05) is 11.1 Å². The van der Waals surface area contributed by atoms with Crippen LogP contribution in [0.1, 0.15) is 11.1 Å². The standard InChI is InChI=1S/C13H11ClF3N3/c14-11-5-10(18)6-12(20-11)19-7-8-2-1-3-9(4-8)13(15,16)17/h1-6H,7H2,(H3,18,19,20). The zero-order chi connectivity index (χ0) is 14.8. The quantitative estimate of drug-likeness (QED) is 0.844. The average molecular weight is 302 g/mol. The van der Waals surface area contributed by atoms with Crippen molar-refractivity contribution in [2.24, 2.45) is 0 Å². The number of benzene rings is 1. The largest absolute Gasteiger partial charge is 0.416 e. The smallest absolute Gasteiger partial charge is 0.399 e. The van der Waals surface area contributed by atoms with Gasteiger partial charge in [0.2, 0.25) is 0 Å². The Morgan fingerprint density at radius 3 is 2.60 bits per heavy atom. The fourth-order valence-corrected chi connectivity index (χ4v) is 1.87. The molecule has 0 atom stereocenters. The first-order valence-electron chi connectivity index (χ1n) is 5.67. The van der Waals surface area contributed by atoms with E-state index >= 15 is 0 Å². The lowest BCUT2D eigenvalue weighted by Crippen LogP contribution is -2.07. The summed E-state index contributed by atoms with van der Waals surface area (Å²) >= 11 is 5.74. The number of alkyl halides is 3. The number of nitrogen functional groups attached to an aromatic ring is 1. The molecule has 0 saturated carbocycles. The third-order valence-corrected chi connectivity index (χ3v) is 2.74.